The second kappa shape index (κ2) is 10.5. The molecule has 12 heteroatoms. The third kappa shape index (κ3) is 4.97. The molecule has 1 aromatic carbocycles. The van der Waals surface area contributed by atoms with E-state index in [4.69, 9.17) is 14.2 Å². The zero-order valence-electron chi connectivity index (χ0n) is 17.9. The maximum absolute atomic E-state index is 12.6. The number of carbonyl (C=O) groups excluding carboxylic acids is 1. The highest BCUT2D eigenvalue weighted by Crippen LogP contribution is 2.40. The molecule has 0 atom stereocenters. The van der Waals surface area contributed by atoms with Crippen LogP contribution >= 0.6 is 34.9 Å². The molecule has 1 aliphatic heterocycles. The smallest absolute Gasteiger partial charge is 0.234 e. The summed E-state index contributed by atoms with van der Waals surface area (Å²) in [7, 11) is 4.60. The summed E-state index contributed by atoms with van der Waals surface area (Å²) in [4.78, 5) is 28.3. The van der Waals surface area contributed by atoms with E-state index in [2.05, 4.69) is 25.2 Å². The van der Waals surface area contributed by atoms with Gasteiger partial charge in [-0.15, -0.1) is 0 Å². The first-order chi connectivity index (χ1) is 15.6. The predicted molar refractivity (Wildman–Crippen MR) is 130 cm³/mol. The highest BCUT2D eigenvalue weighted by Gasteiger charge is 2.19. The Morgan fingerprint density at radius 1 is 1.12 bits per heavy atom. The van der Waals surface area contributed by atoms with E-state index in [1.165, 1.54) is 39.4 Å². The zero-order chi connectivity index (χ0) is 22.5. The second-order valence-corrected chi connectivity index (χ2v) is 9.84. The maximum Gasteiger partial charge on any atom is 0.234 e. The fourth-order valence-electron chi connectivity index (χ4n) is 3.20. The van der Waals surface area contributed by atoms with Gasteiger partial charge in [-0.25, -0.2) is 9.97 Å². The van der Waals surface area contributed by atoms with Gasteiger partial charge in [-0.2, -0.15) is 16.7 Å². The third-order valence-corrected chi connectivity index (χ3v) is 7.89. The summed E-state index contributed by atoms with van der Waals surface area (Å²) in [6, 6.07) is 3.39. The molecule has 2 aromatic heterocycles. The molecule has 0 spiro atoms. The standard InChI is InChI=1S/C20H23N5O4S3/c1-27-13-8-12(9-14(28-2)16(13)29-3)23-15(26)10-31-19-17-18(21-11-22-19)24-20(32-17)25-4-6-30-7-5-25/h8-9,11H,4-7,10H2,1-3H3,(H,23,26). The minimum atomic E-state index is -0.172. The number of fused-ring (bicyclic) bond motifs is 1. The highest BCUT2D eigenvalue weighted by molar-refractivity contribution is 8.00. The lowest BCUT2D eigenvalue weighted by Gasteiger charge is -2.25. The maximum atomic E-state index is 12.6. The molecule has 0 radical (unpaired) electrons. The van der Waals surface area contributed by atoms with Gasteiger partial charge in [-0.1, -0.05) is 23.1 Å². The summed E-state index contributed by atoms with van der Waals surface area (Å²) in [5.41, 5.74) is 1.23. The van der Waals surface area contributed by atoms with Crippen LogP contribution < -0.4 is 24.4 Å². The Hall–Kier alpha value is -2.44. The van der Waals surface area contributed by atoms with Crippen molar-refractivity contribution in [3.8, 4) is 17.2 Å². The van der Waals surface area contributed by atoms with Crippen LogP contribution in [0.25, 0.3) is 10.3 Å². The normalized spacial score (nSPS) is 13.8. The number of thiazole rings is 1. The molecule has 4 rings (SSSR count). The molecule has 0 bridgehead atoms. The van der Waals surface area contributed by atoms with Gasteiger partial charge in [0.05, 0.1) is 27.1 Å². The van der Waals surface area contributed by atoms with Gasteiger partial charge in [0.25, 0.3) is 0 Å². The SMILES string of the molecule is COc1cc(NC(=O)CSc2ncnc3nc(N4CCSCC4)sc23)cc(OC)c1OC. The zero-order valence-corrected chi connectivity index (χ0v) is 20.4. The van der Waals surface area contributed by atoms with Crippen molar-refractivity contribution in [2.45, 2.75) is 5.03 Å². The van der Waals surface area contributed by atoms with Crippen molar-refractivity contribution >= 4 is 61.9 Å². The fourth-order valence-corrected chi connectivity index (χ4v) is 6.04. The van der Waals surface area contributed by atoms with Crippen molar-refractivity contribution in [3.05, 3.63) is 18.5 Å². The molecule has 1 aliphatic rings. The molecule has 9 nitrogen and oxygen atoms in total. The minimum Gasteiger partial charge on any atom is -0.493 e. The average Bonchev–Trinajstić information content (AvgIpc) is 3.27. The van der Waals surface area contributed by atoms with Crippen molar-refractivity contribution in [2.75, 3.05) is 61.9 Å². The van der Waals surface area contributed by atoms with Crippen molar-refractivity contribution < 1.29 is 19.0 Å². The van der Waals surface area contributed by atoms with Crippen LogP contribution in [0.3, 0.4) is 0 Å². The molecular formula is C20H23N5O4S3. The van der Waals surface area contributed by atoms with Crippen LogP contribution in [-0.4, -0.2) is 72.5 Å². The van der Waals surface area contributed by atoms with Crippen LogP contribution in [0.1, 0.15) is 0 Å². The predicted octanol–water partition coefficient (Wildman–Crippen LogP) is 3.40. The number of amides is 1. The van der Waals surface area contributed by atoms with Crippen molar-refractivity contribution in [1.29, 1.82) is 0 Å². The number of methoxy groups -OCH3 is 3. The molecule has 1 amide bonds. The molecule has 1 fully saturated rings. The first-order valence-corrected chi connectivity index (χ1v) is 12.8. The molecule has 3 aromatic rings. The Bertz CT molecular complexity index is 1080. The summed E-state index contributed by atoms with van der Waals surface area (Å²) >= 11 is 4.90. The van der Waals surface area contributed by atoms with Crippen LogP contribution in [0, 0.1) is 0 Å². The van der Waals surface area contributed by atoms with Gasteiger partial charge < -0.3 is 24.4 Å². The summed E-state index contributed by atoms with van der Waals surface area (Å²) in [5.74, 6) is 3.64. The number of rotatable bonds is 8. The Kier molecular flexibility index (Phi) is 7.43. The van der Waals surface area contributed by atoms with Crippen molar-refractivity contribution in [2.24, 2.45) is 0 Å². The Balaban J connectivity index is 1.45. The van der Waals surface area contributed by atoms with E-state index in [1.54, 1.807) is 23.5 Å². The van der Waals surface area contributed by atoms with Gasteiger partial charge in [0.1, 0.15) is 16.1 Å². The number of thioether (sulfide) groups is 2. The third-order valence-electron chi connectivity index (χ3n) is 4.72. The molecule has 1 N–H and O–H groups in total. The molecule has 32 heavy (non-hydrogen) atoms. The molecule has 0 saturated carbocycles. The molecule has 0 aliphatic carbocycles. The van der Waals surface area contributed by atoms with Crippen molar-refractivity contribution in [3.63, 3.8) is 0 Å². The molecule has 0 unspecified atom stereocenters. The highest BCUT2D eigenvalue weighted by atomic mass is 32.2. The van der Waals surface area contributed by atoms with Gasteiger partial charge in [0, 0.05) is 42.4 Å². The molecule has 3 heterocycles. The Morgan fingerprint density at radius 3 is 2.50 bits per heavy atom. The molecular weight excluding hydrogens is 470 g/mol. The lowest BCUT2D eigenvalue weighted by molar-refractivity contribution is -0.113. The van der Waals surface area contributed by atoms with E-state index in [-0.39, 0.29) is 11.7 Å². The number of hydrogen-bond acceptors (Lipinski definition) is 11. The number of hydrogen-bond donors (Lipinski definition) is 1. The first-order valence-electron chi connectivity index (χ1n) is 9.79. The topological polar surface area (TPSA) is 98.7 Å². The van der Waals surface area contributed by atoms with E-state index in [1.807, 2.05) is 11.8 Å². The molecule has 170 valence electrons. The van der Waals surface area contributed by atoms with E-state index in [9.17, 15) is 4.79 Å². The number of ether oxygens (including phenoxy) is 3. The monoisotopic (exact) mass is 493 g/mol. The quantitative estimate of drug-likeness (QED) is 0.371. The number of benzene rings is 1. The molecule has 1 saturated heterocycles. The van der Waals surface area contributed by atoms with Crippen molar-refractivity contribution in [1.82, 2.24) is 15.0 Å². The minimum absolute atomic E-state index is 0.172. The summed E-state index contributed by atoms with van der Waals surface area (Å²) in [6.45, 7) is 1.97. The second-order valence-electron chi connectivity index (χ2n) is 6.68. The van der Waals surface area contributed by atoms with Crippen LogP contribution in [0.4, 0.5) is 10.8 Å². The van der Waals surface area contributed by atoms with E-state index in [0.717, 1.165) is 39.5 Å². The number of aromatic nitrogens is 3. The number of carbonyl (C=O) groups is 1. The van der Waals surface area contributed by atoms with Gasteiger partial charge in [-0.3, -0.25) is 4.79 Å². The van der Waals surface area contributed by atoms with Gasteiger partial charge >= 0.3 is 0 Å². The Labute approximate surface area is 198 Å². The Morgan fingerprint density at radius 2 is 1.84 bits per heavy atom. The lowest BCUT2D eigenvalue weighted by Crippen LogP contribution is -2.32. The largest absolute Gasteiger partial charge is 0.493 e. The van der Waals surface area contributed by atoms with Crippen LogP contribution in [0.15, 0.2) is 23.5 Å². The van der Waals surface area contributed by atoms with Gasteiger partial charge in [-0.05, 0) is 0 Å². The van der Waals surface area contributed by atoms with E-state index >= 15 is 0 Å². The number of nitrogens with one attached hydrogen (secondary N) is 1. The van der Waals surface area contributed by atoms with Crippen LogP contribution in [0.2, 0.25) is 0 Å². The lowest BCUT2D eigenvalue weighted by atomic mass is 10.2. The summed E-state index contributed by atoms with van der Waals surface area (Å²) < 4.78 is 16.9. The van der Waals surface area contributed by atoms with Crippen LogP contribution in [0.5, 0.6) is 17.2 Å². The summed E-state index contributed by atoms with van der Waals surface area (Å²) in [6.07, 6.45) is 1.50. The number of anilines is 2. The van der Waals surface area contributed by atoms with E-state index < -0.39 is 0 Å². The summed E-state index contributed by atoms with van der Waals surface area (Å²) in [5, 5.41) is 4.59. The van der Waals surface area contributed by atoms with Gasteiger partial charge in [0.2, 0.25) is 11.7 Å². The first kappa shape index (κ1) is 22.7. The number of nitrogens with zero attached hydrogens (tertiary/aromatic N) is 4. The van der Waals surface area contributed by atoms with E-state index in [0.29, 0.717) is 28.6 Å². The van der Waals surface area contributed by atoms with Crippen LogP contribution in [-0.2, 0) is 4.79 Å². The average molecular weight is 494 g/mol. The fraction of sp³-hybridized carbons (Fsp3) is 0.400. The van der Waals surface area contributed by atoms with Gasteiger partial charge in [0.15, 0.2) is 22.3 Å².